The predicted molar refractivity (Wildman–Crippen MR) is 127 cm³/mol. The molecular formula is C28H45NO. The van der Waals surface area contributed by atoms with E-state index < -0.39 is 0 Å². The van der Waals surface area contributed by atoms with E-state index in [1.807, 2.05) is 0 Å². The van der Waals surface area contributed by atoms with Gasteiger partial charge < -0.3 is 5.11 Å². The van der Waals surface area contributed by atoms with Crippen LogP contribution in [0.1, 0.15) is 97.8 Å². The van der Waals surface area contributed by atoms with Crippen LogP contribution in [0.4, 0.5) is 0 Å². The van der Waals surface area contributed by atoms with E-state index in [9.17, 15) is 5.11 Å². The monoisotopic (exact) mass is 411 g/mol. The van der Waals surface area contributed by atoms with Crippen LogP contribution < -0.4 is 0 Å². The topological polar surface area (TPSA) is 23.5 Å². The van der Waals surface area contributed by atoms with Gasteiger partial charge in [-0.05, 0) is 120 Å². The highest BCUT2D eigenvalue weighted by molar-refractivity contribution is 5.27. The van der Waals surface area contributed by atoms with Gasteiger partial charge in [0.1, 0.15) is 0 Å². The standard InChI is InChI=1S/C28H45NO/c1-21-9-10-22(20-26(21)30)11-12-23-8-7-17-28(4)24(13-14-25(23)28)15-19-29-18-6-5-16-27(29,2)3/h11-12,24-26,30H,1,5-10,13-20H2,2-4H3/b22-11-,23-12+/t24-,25?,26?,28?/m1/s1. The summed E-state index contributed by atoms with van der Waals surface area (Å²) in [5.41, 5.74) is 5.03. The van der Waals surface area contributed by atoms with Crippen LogP contribution >= 0.6 is 0 Å². The molecular weight excluding hydrogens is 366 g/mol. The van der Waals surface area contributed by atoms with Crippen LogP contribution in [-0.4, -0.2) is 34.7 Å². The van der Waals surface area contributed by atoms with Gasteiger partial charge in [-0.2, -0.15) is 0 Å². The van der Waals surface area contributed by atoms with E-state index in [1.54, 1.807) is 5.57 Å². The van der Waals surface area contributed by atoms with Crippen LogP contribution in [-0.2, 0) is 0 Å². The van der Waals surface area contributed by atoms with Crippen molar-refractivity contribution in [2.45, 2.75) is 109 Å². The van der Waals surface area contributed by atoms with Crippen molar-refractivity contribution in [3.63, 3.8) is 0 Å². The van der Waals surface area contributed by atoms with Gasteiger partial charge in [-0.1, -0.05) is 43.2 Å². The van der Waals surface area contributed by atoms with Crippen LogP contribution in [0.25, 0.3) is 0 Å². The molecule has 4 atom stereocenters. The minimum absolute atomic E-state index is 0.324. The molecule has 1 N–H and O–H groups in total. The first-order valence-corrected chi connectivity index (χ1v) is 12.8. The molecule has 0 aromatic heterocycles. The zero-order valence-electron chi connectivity index (χ0n) is 19.9. The lowest BCUT2D eigenvalue weighted by Gasteiger charge is -2.45. The van der Waals surface area contributed by atoms with Gasteiger partial charge in [0.2, 0.25) is 0 Å². The third-order valence-electron chi connectivity index (χ3n) is 9.46. The Morgan fingerprint density at radius 3 is 2.63 bits per heavy atom. The Morgan fingerprint density at radius 1 is 1.03 bits per heavy atom. The van der Waals surface area contributed by atoms with Crippen molar-refractivity contribution < 1.29 is 5.11 Å². The van der Waals surface area contributed by atoms with Crippen LogP contribution in [0.15, 0.2) is 35.5 Å². The molecule has 1 aliphatic heterocycles. The number of fused-ring (bicyclic) bond motifs is 1. The van der Waals surface area contributed by atoms with Crippen molar-refractivity contribution in [3.05, 3.63) is 35.5 Å². The second kappa shape index (κ2) is 8.94. The molecule has 30 heavy (non-hydrogen) atoms. The lowest BCUT2D eigenvalue weighted by molar-refractivity contribution is 0.0542. The summed E-state index contributed by atoms with van der Waals surface area (Å²) in [6.07, 6.45) is 19.7. The first-order valence-electron chi connectivity index (χ1n) is 12.8. The van der Waals surface area contributed by atoms with Crippen LogP contribution in [0.2, 0.25) is 0 Å². The second-order valence-corrected chi connectivity index (χ2v) is 11.7. The summed E-state index contributed by atoms with van der Waals surface area (Å²) in [6, 6.07) is 0. The Kier molecular flexibility index (Phi) is 6.66. The molecule has 4 rings (SSSR count). The van der Waals surface area contributed by atoms with Crippen molar-refractivity contribution in [3.8, 4) is 0 Å². The Hall–Kier alpha value is -0.860. The van der Waals surface area contributed by atoms with Crippen molar-refractivity contribution in [2.75, 3.05) is 13.1 Å². The predicted octanol–water partition coefficient (Wildman–Crippen LogP) is 6.81. The summed E-state index contributed by atoms with van der Waals surface area (Å²) in [5.74, 6) is 1.67. The van der Waals surface area contributed by atoms with Gasteiger partial charge in [0.15, 0.2) is 0 Å². The first-order chi connectivity index (χ1) is 14.3. The summed E-state index contributed by atoms with van der Waals surface area (Å²) >= 11 is 0. The highest BCUT2D eigenvalue weighted by atomic mass is 16.3. The summed E-state index contributed by atoms with van der Waals surface area (Å²) in [6.45, 7) is 14.1. The highest BCUT2D eigenvalue weighted by Gasteiger charge is 2.49. The minimum atomic E-state index is -0.324. The zero-order chi connectivity index (χ0) is 21.4. The van der Waals surface area contributed by atoms with Gasteiger partial charge >= 0.3 is 0 Å². The van der Waals surface area contributed by atoms with E-state index in [1.165, 1.54) is 76.5 Å². The maximum Gasteiger partial charge on any atom is 0.0784 e. The number of piperidine rings is 1. The van der Waals surface area contributed by atoms with Crippen molar-refractivity contribution in [2.24, 2.45) is 17.3 Å². The molecule has 4 fully saturated rings. The number of hydrogen-bond acceptors (Lipinski definition) is 2. The van der Waals surface area contributed by atoms with Gasteiger partial charge in [0.25, 0.3) is 0 Å². The molecule has 0 spiro atoms. The normalized spacial score (nSPS) is 40.1. The maximum atomic E-state index is 10.1. The fraction of sp³-hybridized carbons (Fsp3) is 0.786. The van der Waals surface area contributed by atoms with Gasteiger partial charge in [0.05, 0.1) is 6.10 Å². The molecule has 0 aromatic carbocycles. The number of nitrogens with zero attached hydrogens (tertiary/aromatic N) is 1. The smallest absolute Gasteiger partial charge is 0.0784 e. The molecule has 0 bridgehead atoms. The Morgan fingerprint density at radius 2 is 1.87 bits per heavy atom. The number of aliphatic hydroxyl groups is 1. The van der Waals surface area contributed by atoms with Crippen LogP contribution in [0.3, 0.4) is 0 Å². The first kappa shape index (κ1) is 22.3. The SMILES string of the molecule is C=C1CC/C(=C/C=C2\CCCC3(C)C2CC[C@@H]3CCN2CCCCC2(C)C)CC1O. The van der Waals surface area contributed by atoms with Crippen LogP contribution in [0, 0.1) is 17.3 Å². The van der Waals surface area contributed by atoms with Gasteiger partial charge in [-0.15, -0.1) is 0 Å². The summed E-state index contributed by atoms with van der Waals surface area (Å²) < 4.78 is 0. The Labute approximate surface area is 185 Å². The fourth-order valence-corrected chi connectivity index (χ4v) is 7.23. The lowest BCUT2D eigenvalue weighted by atomic mass is 9.63. The van der Waals surface area contributed by atoms with Gasteiger partial charge in [-0.3, -0.25) is 4.90 Å². The maximum absolute atomic E-state index is 10.1. The summed E-state index contributed by atoms with van der Waals surface area (Å²) in [4.78, 5) is 2.79. The number of aliphatic hydroxyl groups excluding tert-OH is 1. The summed E-state index contributed by atoms with van der Waals surface area (Å²) in [5, 5.41) is 10.1. The van der Waals surface area contributed by atoms with E-state index in [2.05, 4.69) is 44.4 Å². The van der Waals surface area contributed by atoms with Gasteiger partial charge in [0, 0.05) is 5.54 Å². The Balaban J connectivity index is 1.41. The van der Waals surface area contributed by atoms with E-state index >= 15 is 0 Å². The number of rotatable bonds is 4. The molecule has 3 saturated carbocycles. The number of allylic oxidation sites excluding steroid dienone is 3. The quantitative estimate of drug-likeness (QED) is 0.514. The van der Waals surface area contributed by atoms with Crippen LogP contribution in [0.5, 0.6) is 0 Å². The zero-order valence-corrected chi connectivity index (χ0v) is 19.9. The molecule has 4 aliphatic rings. The fourth-order valence-electron chi connectivity index (χ4n) is 7.23. The average molecular weight is 412 g/mol. The molecule has 3 unspecified atom stereocenters. The summed E-state index contributed by atoms with van der Waals surface area (Å²) in [7, 11) is 0. The highest BCUT2D eigenvalue weighted by Crippen LogP contribution is 2.58. The molecule has 1 heterocycles. The van der Waals surface area contributed by atoms with E-state index in [0.29, 0.717) is 11.0 Å². The average Bonchev–Trinajstić information content (AvgIpc) is 3.04. The third-order valence-corrected chi connectivity index (χ3v) is 9.46. The third kappa shape index (κ3) is 4.51. The second-order valence-electron chi connectivity index (χ2n) is 11.7. The number of hydrogen-bond donors (Lipinski definition) is 1. The van der Waals surface area contributed by atoms with E-state index in [0.717, 1.165) is 36.7 Å². The van der Waals surface area contributed by atoms with Crippen molar-refractivity contribution >= 4 is 0 Å². The van der Waals surface area contributed by atoms with E-state index in [4.69, 9.17) is 0 Å². The van der Waals surface area contributed by atoms with Crippen molar-refractivity contribution in [1.29, 1.82) is 0 Å². The molecule has 168 valence electrons. The molecule has 0 radical (unpaired) electrons. The number of likely N-dealkylation sites (tertiary alicyclic amines) is 1. The molecule has 1 saturated heterocycles. The lowest BCUT2D eigenvalue weighted by Crippen LogP contribution is -2.48. The molecule has 0 aromatic rings. The Bertz CT molecular complexity index is 701. The largest absolute Gasteiger partial charge is 0.388 e. The molecule has 2 heteroatoms. The molecule has 3 aliphatic carbocycles. The van der Waals surface area contributed by atoms with Gasteiger partial charge in [-0.25, -0.2) is 0 Å². The van der Waals surface area contributed by atoms with E-state index in [-0.39, 0.29) is 6.10 Å². The minimum Gasteiger partial charge on any atom is -0.388 e. The van der Waals surface area contributed by atoms with Crippen molar-refractivity contribution in [1.82, 2.24) is 4.90 Å². The molecule has 2 nitrogen and oxygen atoms in total. The molecule has 0 amide bonds.